The fraction of sp³-hybridized carbons (Fsp3) is 0.500. The van der Waals surface area contributed by atoms with Gasteiger partial charge in [-0.05, 0) is 13.0 Å². The van der Waals surface area contributed by atoms with Crippen LogP contribution in [0.4, 0.5) is 0 Å². The number of amides is 1. The molecule has 0 saturated heterocycles. The average Bonchev–Trinajstić information content (AvgIpc) is 2.40. The fourth-order valence-electron chi connectivity index (χ4n) is 1.89. The monoisotopic (exact) mass is 266 g/mol. The van der Waals surface area contributed by atoms with Crippen molar-refractivity contribution in [1.29, 1.82) is 0 Å². The number of ether oxygens (including phenoxy) is 1. The third-order valence-electron chi connectivity index (χ3n) is 2.74. The van der Waals surface area contributed by atoms with E-state index >= 15 is 0 Å². The molecule has 1 rings (SSSR count). The zero-order valence-electron chi connectivity index (χ0n) is 11.6. The van der Waals surface area contributed by atoms with Crippen LogP contribution in [0, 0.1) is 0 Å². The Morgan fingerprint density at radius 3 is 2.79 bits per heavy atom. The van der Waals surface area contributed by atoms with Gasteiger partial charge in [-0.25, -0.2) is 0 Å². The molecule has 0 unspecified atom stereocenters. The summed E-state index contributed by atoms with van der Waals surface area (Å²) in [6.07, 6.45) is 0. The highest BCUT2D eigenvalue weighted by Crippen LogP contribution is 2.18. The summed E-state index contributed by atoms with van der Waals surface area (Å²) in [5.41, 5.74) is 1.00. The van der Waals surface area contributed by atoms with Crippen LogP contribution in [0.3, 0.4) is 0 Å². The molecule has 0 fully saturated rings. The largest absolute Gasteiger partial charge is 0.496 e. The van der Waals surface area contributed by atoms with Gasteiger partial charge in [-0.15, -0.1) is 0 Å². The van der Waals surface area contributed by atoms with Crippen molar-refractivity contribution >= 4 is 5.91 Å². The molecule has 106 valence electrons. The molecule has 0 radical (unpaired) electrons. The van der Waals surface area contributed by atoms with E-state index in [2.05, 4.69) is 5.32 Å². The Morgan fingerprint density at radius 1 is 1.42 bits per heavy atom. The highest BCUT2D eigenvalue weighted by atomic mass is 16.5. The van der Waals surface area contributed by atoms with Crippen LogP contribution in [0.2, 0.25) is 0 Å². The minimum Gasteiger partial charge on any atom is -0.496 e. The van der Waals surface area contributed by atoms with Gasteiger partial charge in [0.25, 0.3) is 0 Å². The maximum atomic E-state index is 11.6. The highest BCUT2D eigenvalue weighted by Gasteiger charge is 2.12. The Hall–Kier alpha value is -1.59. The molecule has 0 spiro atoms. The van der Waals surface area contributed by atoms with Gasteiger partial charge in [-0.1, -0.05) is 18.2 Å². The highest BCUT2D eigenvalue weighted by molar-refractivity contribution is 5.77. The quantitative estimate of drug-likeness (QED) is 0.724. The van der Waals surface area contributed by atoms with Gasteiger partial charge in [0.05, 0.1) is 20.3 Å². The smallest absolute Gasteiger partial charge is 0.234 e. The minimum atomic E-state index is -0.0363. The van der Waals surface area contributed by atoms with Crippen LogP contribution in [-0.2, 0) is 11.3 Å². The molecule has 19 heavy (non-hydrogen) atoms. The first-order valence-corrected chi connectivity index (χ1v) is 6.43. The second-order valence-electron chi connectivity index (χ2n) is 4.20. The second-order valence-corrected chi connectivity index (χ2v) is 4.20. The normalized spacial score (nSPS) is 10.5. The number of benzene rings is 1. The third kappa shape index (κ3) is 5.28. The number of nitrogens with one attached hydrogen (secondary N) is 1. The van der Waals surface area contributed by atoms with Crippen molar-refractivity contribution in [3.05, 3.63) is 29.8 Å². The zero-order valence-corrected chi connectivity index (χ0v) is 11.6. The van der Waals surface area contributed by atoms with Crippen LogP contribution in [0.1, 0.15) is 12.5 Å². The SMILES string of the molecule is CCNC(=O)CN(CCO)Cc1ccccc1OC. The third-order valence-corrected chi connectivity index (χ3v) is 2.74. The fourth-order valence-corrected chi connectivity index (χ4v) is 1.89. The number of rotatable bonds is 8. The first-order valence-electron chi connectivity index (χ1n) is 6.43. The number of likely N-dealkylation sites (N-methyl/N-ethyl adjacent to an activating group) is 1. The number of para-hydroxylation sites is 1. The number of nitrogens with zero attached hydrogens (tertiary/aromatic N) is 1. The van der Waals surface area contributed by atoms with Gasteiger partial charge in [0.15, 0.2) is 0 Å². The molecule has 1 aromatic rings. The standard InChI is InChI=1S/C14H22N2O3/c1-3-15-14(18)11-16(8-9-17)10-12-6-4-5-7-13(12)19-2/h4-7,17H,3,8-11H2,1-2H3,(H,15,18). The predicted molar refractivity (Wildman–Crippen MR) is 74.0 cm³/mol. The van der Waals surface area contributed by atoms with Gasteiger partial charge in [0.2, 0.25) is 5.91 Å². The molecule has 5 nitrogen and oxygen atoms in total. The number of carbonyl (C=O) groups is 1. The van der Waals surface area contributed by atoms with Crippen LogP contribution in [0.5, 0.6) is 5.75 Å². The molecule has 1 aromatic carbocycles. The van der Waals surface area contributed by atoms with Gasteiger partial charge in [-0.3, -0.25) is 9.69 Å². The summed E-state index contributed by atoms with van der Waals surface area (Å²) < 4.78 is 5.29. The Morgan fingerprint density at radius 2 is 2.16 bits per heavy atom. The van der Waals surface area contributed by atoms with Crippen LogP contribution in [0.15, 0.2) is 24.3 Å². The van der Waals surface area contributed by atoms with Crippen molar-refractivity contribution < 1.29 is 14.6 Å². The number of aliphatic hydroxyl groups excluding tert-OH is 1. The van der Waals surface area contributed by atoms with Crippen molar-refractivity contribution in [2.75, 3.05) is 33.4 Å². The molecule has 0 aromatic heterocycles. The molecule has 0 bridgehead atoms. The molecule has 2 N–H and O–H groups in total. The molecule has 0 atom stereocenters. The molecule has 0 aliphatic carbocycles. The van der Waals surface area contributed by atoms with Crippen LogP contribution in [-0.4, -0.2) is 49.3 Å². The van der Waals surface area contributed by atoms with E-state index in [1.54, 1.807) is 7.11 Å². The topological polar surface area (TPSA) is 61.8 Å². The molecule has 0 aliphatic rings. The predicted octanol–water partition coefficient (Wildman–Crippen LogP) is 0.626. The van der Waals surface area contributed by atoms with E-state index in [0.717, 1.165) is 11.3 Å². The zero-order chi connectivity index (χ0) is 14.1. The first-order chi connectivity index (χ1) is 9.21. The van der Waals surface area contributed by atoms with Crippen molar-refractivity contribution in [3.8, 4) is 5.75 Å². The lowest BCUT2D eigenvalue weighted by Gasteiger charge is -2.21. The van der Waals surface area contributed by atoms with Gasteiger partial charge in [0.1, 0.15) is 5.75 Å². The number of hydrogen-bond donors (Lipinski definition) is 2. The molecule has 0 heterocycles. The number of methoxy groups -OCH3 is 1. The molecule has 0 saturated carbocycles. The summed E-state index contributed by atoms with van der Waals surface area (Å²) in [5.74, 6) is 0.757. The van der Waals surface area contributed by atoms with E-state index < -0.39 is 0 Å². The maximum absolute atomic E-state index is 11.6. The molecular weight excluding hydrogens is 244 g/mol. The van der Waals surface area contributed by atoms with Gasteiger partial charge in [0, 0.05) is 25.2 Å². The summed E-state index contributed by atoms with van der Waals surface area (Å²) in [7, 11) is 1.62. The Labute approximate surface area is 114 Å². The van der Waals surface area contributed by atoms with E-state index in [0.29, 0.717) is 19.6 Å². The summed E-state index contributed by atoms with van der Waals surface area (Å²) >= 11 is 0. The lowest BCUT2D eigenvalue weighted by atomic mass is 10.2. The van der Waals surface area contributed by atoms with Crippen molar-refractivity contribution in [1.82, 2.24) is 10.2 Å². The van der Waals surface area contributed by atoms with Crippen LogP contribution in [0.25, 0.3) is 0 Å². The van der Waals surface area contributed by atoms with Crippen molar-refractivity contribution in [3.63, 3.8) is 0 Å². The average molecular weight is 266 g/mol. The van der Waals surface area contributed by atoms with Crippen molar-refractivity contribution in [2.45, 2.75) is 13.5 Å². The Balaban J connectivity index is 2.69. The Bertz CT molecular complexity index is 396. The number of aliphatic hydroxyl groups is 1. The lowest BCUT2D eigenvalue weighted by Crippen LogP contribution is -2.38. The number of carbonyl (C=O) groups excluding carboxylic acids is 1. The maximum Gasteiger partial charge on any atom is 0.234 e. The Kier molecular flexibility index (Phi) is 6.92. The summed E-state index contributed by atoms with van der Waals surface area (Å²) in [6.45, 7) is 3.81. The van der Waals surface area contributed by atoms with Crippen LogP contribution < -0.4 is 10.1 Å². The van der Waals surface area contributed by atoms with E-state index in [4.69, 9.17) is 9.84 Å². The lowest BCUT2D eigenvalue weighted by molar-refractivity contribution is -0.122. The van der Waals surface area contributed by atoms with E-state index in [1.165, 1.54) is 0 Å². The van der Waals surface area contributed by atoms with Gasteiger partial charge in [-0.2, -0.15) is 0 Å². The van der Waals surface area contributed by atoms with Gasteiger partial charge < -0.3 is 15.2 Å². The molecular formula is C14H22N2O3. The first kappa shape index (κ1) is 15.5. The second kappa shape index (κ2) is 8.50. The van der Waals surface area contributed by atoms with Gasteiger partial charge >= 0.3 is 0 Å². The minimum absolute atomic E-state index is 0.0224. The van der Waals surface area contributed by atoms with E-state index in [1.807, 2.05) is 36.1 Å². The summed E-state index contributed by atoms with van der Waals surface area (Å²) in [4.78, 5) is 13.5. The number of hydrogen-bond acceptors (Lipinski definition) is 4. The molecule has 5 heteroatoms. The molecule has 0 aliphatic heterocycles. The van der Waals surface area contributed by atoms with E-state index in [-0.39, 0.29) is 19.1 Å². The van der Waals surface area contributed by atoms with E-state index in [9.17, 15) is 4.79 Å². The summed E-state index contributed by atoms with van der Waals surface area (Å²) in [6, 6.07) is 7.68. The van der Waals surface area contributed by atoms with Crippen molar-refractivity contribution in [2.24, 2.45) is 0 Å². The molecule has 1 amide bonds. The summed E-state index contributed by atoms with van der Waals surface area (Å²) in [5, 5.41) is 11.8. The van der Waals surface area contributed by atoms with Crippen LogP contribution >= 0.6 is 0 Å².